The van der Waals surface area contributed by atoms with Gasteiger partial charge in [0, 0.05) is 0 Å². The monoisotopic (exact) mass is 341 g/mol. The van der Waals surface area contributed by atoms with E-state index in [1.807, 2.05) is 0 Å². The zero-order valence-electron chi connectivity index (χ0n) is 13.2. The Morgan fingerprint density at radius 1 is 1.24 bits per heavy atom. The highest BCUT2D eigenvalue weighted by molar-refractivity contribution is 5.98. The molecule has 0 saturated heterocycles. The van der Waals surface area contributed by atoms with Crippen LogP contribution in [0.15, 0.2) is 54.1 Å². The summed E-state index contributed by atoms with van der Waals surface area (Å²) >= 11 is 0. The SMILES string of the molecule is CC(C#N)OC(=O)C1C=CC(C(=O)O)=CC1(C(=O)O)c1ccccc1. The first-order chi connectivity index (χ1) is 11.8. The molecule has 0 saturated carbocycles. The van der Waals surface area contributed by atoms with Gasteiger partial charge in [-0.25, -0.2) is 4.79 Å². The summed E-state index contributed by atoms with van der Waals surface area (Å²) in [5.41, 5.74) is -1.96. The van der Waals surface area contributed by atoms with Gasteiger partial charge in [0.1, 0.15) is 11.5 Å². The fourth-order valence-electron chi connectivity index (χ4n) is 2.70. The molecule has 0 amide bonds. The van der Waals surface area contributed by atoms with Gasteiger partial charge in [-0.2, -0.15) is 5.26 Å². The largest absolute Gasteiger partial charge is 0.480 e. The number of aliphatic carboxylic acids is 2. The lowest BCUT2D eigenvalue weighted by molar-refractivity contribution is -0.157. The summed E-state index contributed by atoms with van der Waals surface area (Å²) in [5.74, 6) is -4.94. The Morgan fingerprint density at radius 2 is 1.88 bits per heavy atom. The van der Waals surface area contributed by atoms with E-state index < -0.39 is 35.3 Å². The van der Waals surface area contributed by atoms with Gasteiger partial charge in [-0.1, -0.05) is 42.5 Å². The Bertz CT molecular complexity index is 805. The van der Waals surface area contributed by atoms with Crippen LogP contribution in [0.3, 0.4) is 0 Å². The normalized spacial score (nSPS) is 23.0. The molecule has 7 nitrogen and oxygen atoms in total. The molecule has 0 aromatic heterocycles. The molecular formula is C18H15NO6. The quantitative estimate of drug-likeness (QED) is 0.780. The molecule has 1 aliphatic carbocycles. The maximum Gasteiger partial charge on any atom is 0.335 e. The Hall–Kier alpha value is -3.40. The van der Waals surface area contributed by atoms with Crippen molar-refractivity contribution in [1.29, 1.82) is 5.26 Å². The average Bonchev–Trinajstić information content (AvgIpc) is 2.61. The summed E-state index contributed by atoms with van der Waals surface area (Å²) in [6.45, 7) is 1.36. The van der Waals surface area contributed by atoms with Gasteiger partial charge in [0.2, 0.25) is 0 Å². The molecule has 1 aromatic rings. The molecular weight excluding hydrogens is 326 g/mol. The molecule has 0 aliphatic heterocycles. The molecule has 1 aromatic carbocycles. The Balaban J connectivity index is 2.64. The summed E-state index contributed by atoms with van der Waals surface area (Å²) in [7, 11) is 0. The fourth-order valence-corrected chi connectivity index (χ4v) is 2.70. The molecule has 3 atom stereocenters. The van der Waals surface area contributed by atoms with E-state index in [-0.39, 0.29) is 11.1 Å². The number of carbonyl (C=O) groups excluding carboxylic acids is 1. The minimum Gasteiger partial charge on any atom is -0.480 e. The van der Waals surface area contributed by atoms with E-state index in [0.717, 1.165) is 12.2 Å². The number of nitrogens with zero attached hydrogens (tertiary/aromatic N) is 1. The second-order valence-corrected chi connectivity index (χ2v) is 5.49. The standard InChI is InChI=1S/C18H15NO6/c1-11(10-19)25-16(22)14-8-7-12(15(20)21)9-18(14,17(23)24)13-5-3-2-4-6-13/h2-9,11,14H,1H3,(H,20,21)(H,23,24). The van der Waals surface area contributed by atoms with Crippen molar-refractivity contribution in [2.75, 3.05) is 0 Å². The fraction of sp³-hybridized carbons (Fsp3) is 0.222. The van der Waals surface area contributed by atoms with Crippen molar-refractivity contribution in [3.8, 4) is 6.07 Å². The van der Waals surface area contributed by atoms with Crippen LogP contribution in [0.4, 0.5) is 0 Å². The number of benzene rings is 1. The van der Waals surface area contributed by atoms with E-state index in [0.29, 0.717) is 0 Å². The third-order valence-electron chi connectivity index (χ3n) is 3.92. The van der Waals surface area contributed by atoms with Gasteiger partial charge in [0.15, 0.2) is 6.10 Å². The molecule has 3 unspecified atom stereocenters. The number of rotatable bonds is 5. The molecule has 1 aliphatic rings. The lowest BCUT2D eigenvalue weighted by Gasteiger charge is -2.34. The highest BCUT2D eigenvalue weighted by atomic mass is 16.5. The van der Waals surface area contributed by atoms with Crippen LogP contribution >= 0.6 is 0 Å². The molecule has 0 bridgehead atoms. The van der Waals surface area contributed by atoms with Crippen LogP contribution < -0.4 is 0 Å². The van der Waals surface area contributed by atoms with Gasteiger partial charge < -0.3 is 14.9 Å². The lowest BCUT2D eigenvalue weighted by atomic mass is 9.66. The van der Waals surface area contributed by atoms with Crippen molar-refractivity contribution in [3.05, 3.63) is 59.7 Å². The summed E-state index contributed by atoms with van der Waals surface area (Å²) < 4.78 is 4.97. The third-order valence-corrected chi connectivity index (χ3v) is 3.92. The van der Waals surface area contributed by atoms with Crippen LogP contribution in [-0.2, 0) is 24.5 Å². The predicted octanol–water partition coefficient (Wildman–Crippen LogP) is 1.66. The van der Waals surface area contributed by atoms with Crippen LogP contribution in [0.1, 0.15) is 12.5 Å². The molecule has 25 heavy (non-hydrogen) atoms. The van der Waals surface area contributed by atoms with Gasteiger partial charge in [-0.05, 0) is 18.6 Å². The molecule has 7 heteroatoms. The Morgan fingerprint density at radius 3 is 2.40 bits per heavy atom. The summed E-state index contributed by atoms with van der Waals surface area (Å²) in [4.78, 5) is 36.0. The number of nitriles is 1. The molecule has 2 N–H and O–H groups in total. The second kappa shape index (κ2) is 7.01. The van der Waals surface area contributed by atoms with Crippen molar-refractivity contribution in [2.45, 2.75) is 18.4 Å². The Kier molecular flexibility index (Phi) is 5.03. The first-order valence-corrected chi connectivity index (χ1v) is 7.36. The van der Waals surface area contributed by atoms with Crippen LogP contribution in [0.25, 0.3) is 0 Å². The van der Waals surface area contributed by atoms with Crippen LogP contribution in [0, 0.1) is 17.2 Å². The minimum atomic E-state index is -1.95. The molecule has 0 heterocycles. The van der Waals surface area contributed by atoms with Gasteiger partial charge in [-0.15, -0.1) is 0 Å². The maximum atomic E-state index is 12.5. The number of carboxylic acid groups (broad SMARTS) is 2. The number of ether oxygens (including phenoxy) is 1. The number of carbonyl (C=O) groups is 3. The molecule has 0 spiro atoms. The predicted molar refractivity (Wildman–Crippen MR) is 85.3 cm³/mol. The molecule has 0 radical (unpaired) electrons. The topological polar surface area (TPSA) is 125 Å². The second-order valence-electron chi connectivity index (χ2n) is 5.49. The summed E-state index contributed by atoms with van der Waals surface area (Å²) in [6.07, 6.45) is 2.33. The number of hydrogen-bond acceptors (Lipinski definition) is 5. The highest BCUT2D eigenvalue weighted by Gasteiger charge is 2.51. The van der Waals surface area contributed by atoms with Crippen LogP contribution in [-0.4, -0.2) is 34.2 Å². The molecule has 0 fully saturated rings. The van der Waals surface area contributed by atoms with Crippen LogP contribution in [0.2, 0.25) is 0 Å². The van der Waals surface area contributed by atoms with Crippen molar-refractivity contribution >= 4 is 17.9 Å². The summed E-state index contributed by atoms with van der Waals surface area (Å²) in [6, 6.07) is 9.58. The number of carboxylic acids is 2. The van der Waals surface area contributed by atoms with Gasteiger partial charge in [0.25, 0.3) is 0 Å². The van der Waals surface area contributed by atoms with E-state index in [4.69, 9.17) is 10.00 Å². The van der Waals surface area contributed by atoms with Crippen molar-refractivity contribution < 1.29 is 29.3 Å². The number of hydrogen-bond donors (Lipinski definition) is 2. The van der Waals surface area contributed by atoms with E-state index in [1.165, 1.54) is 25.1 Å². The van der Waals surface area contributed by atoms with Gasteiger partial charge in [0.05, 0.1) is 11.5 Å². The van der Waals surface area contributed by atoms with E-state index in [2.05, 4.69) is 0 Å². The van der Waals surface area contributed by atoms with Crippen molar-refractivity contribution in [3.63, 3.8) is 0 Å². The van der Waals surface area contributed by atoms with Crippen LogP contribution in [0.5, 0.6) is 0 Å². The van der Waals surface area contributed by atoms with Crippen molar-refractivity contribution in [2.24, 2.45) is 5.92 Å². The summed E-state index contributed by atoms with van der Waals surface area (Å²) in [5, 5.41) is 27.9. The zero-order valence-corrected chi connectivity index (χ0v) is 13.2. The smallest absolute Gasteiger partial charge is 0.335 e. The maximum absolute atomic E-state index is 12.5. The Labute approximate surface area is 143 Å². The lowest BCUT2D eigenvalue weighted by Crippen LogP contribution is -2.47. The number of esters is 1. The first-order valence-electron chi connectivity index (χ1n) is 7.36. The van der Waals surface area contributed by atoms with Crippen molar-refractivity contribution in [1.82, 2.24) is 0 Å². The first kappa shape index (κ1) is 17.9. The van der Waals surface area contributed by atoms with Gasteiger partial charge >= 0.3 is 17.9 Å². The van der Waals surface area contributed by atoms with E-state index >= 15 is 0 Å². The molecule has 2 rings (SSSR count). The third kappa shape index (κ3) is 3.28. The molecule has 128 valence electrons. The van der Waals surface area contributed by atoms with E-state index in [1.54, 1.807) is 24.3 Å². The average molecular weight is 341 g/mol. The minimum absolute atomic E-state index is 0.233. The van der Waals surface area contributed by atoms with Gasteiger partial charge in [-0.3, -0.25) is 9.59 Å². The van der Waals surface area contributed by atoms with E-state index in [9.17, 15) is 24.6 Å². The highest BCUT2D eigenvalue weighted by Crippen LogP contribution is 2.40. The zero-order chi connectivity index (χ0) is 18.6.